The lowest BCUT2D eigenvalue weighted by Crippen LogP contribution is -2.41. The second-order valence-electron chi connectivity index (χ2n) is 5.92. The third-order valence-corrected chi connectivity index (χ3v) is 4.20. The summed E-state index contributed by atoms with van der Waals surface area (Å²) in [5.74, 6) is -1.39. The minimum atomic E-state index is -1.02. The molecule has 0 saturated heterocycles. The summed E-state index contributed by atoms with van der Waals surface area (Å²) in [6.07, 6.45) is 0.934. The number of carbonyl (C=O) groups is 2. The molecule has 3 aromatic carbocycles. The molecule has 0 aliphatic carbocycles. The summed E-state index contributed by atoms with van der Waals surface area (Å²) in [7, 11) is 0. The minimum absolute atomic E-state index is 0.343. The maximum atomic E-state index is 12.6. The maximum Gasteiger partial charge on any atom is 0.326 e. The lowest BCUT2D eigenvalue weighted by atomic mass is 10.0. The summed E-state index contributed by atoms with van der Waals surface area (Å²) in [6, 6.07) is 21.7. The van der Waals surface area contributed by atoms with E-state index in [0.717, 1.165) is 16.3 Å². The summed E-state index contributed by atoms with van der Waals surface area (Å²) in [5.41, 5.74) is 1.54. The smallest absolute Gasteiger partial charge is 0.326 e. The van der Waals surface area contributed by atoms with Gasteiger partial charge in [0.25, 0.3) is 5.91 Å². The zero-order valence-corrected chi connectivity index (χ0v) is 13.7. The molecule has 0 aliphatic rings. The van der Waals surface area contributed by atoms with E-state index in [0.29, 0.717) is 18.4 Å². The summed E-state index contributed by atoms with van der Waals surface area (Å²) in [5, 5.41) is 13.9. The van der Waals surface area contributed by atoms with Gasteiger partial charge in [-0.1, -0.05) is 66.7 Å². The Morgan fingerprint density at radius 3 is 2.32 bits per heavy atom. The number of hydrogen-bond acceptors (Lipinski definition) is 2. The molecule has 126 valence electrons. The molecule has 0 fully saturated rings. The Kier molecular flexibility index (Phi) is 5.09. The molecular formula is C21H19NO3. The van der Waals surface area contributed by atoms with Crippen LogP contribution in [0.25, 0.3) is 10.8 Å². The molecule has 0 radical (unpaired) electrons. The van der Waals surface area contributed by atoms with Crippen molar-refractivity contribution in [1.82, 2.24) is 5.32 Å². The third kappa shape index (κ3) is 4.04. The van der Waals surface area contributed by atoms with E-state index in [4.69, 9.17) is 0 Å². The second kappa shape index (κ2) is 7.62. The van der Waals surface area contributed by atoms with Crippen LogP contribution in [0, 0.1) is 0 Å². The monoisotopic (exact) mass is 333 g/mol. The third-order valence-electron chi connectivity index (χ3n) is 4.20. The van der Waals surface area contributed by atoms with Gasteiger partial charge in [0, 0.05) is 5.56 Å². The van der Waals surface area contributed by atoms with Gasteiger partial charge >= 0.3 is 5.97 Å². The van der Waals surface area contributed by atoms with Gasteiger partial charge in [-0.15, -0.1) is 0 Å². The van der Waals surface area contributed by atoms with E-state index in [2.05, 4.69) is 5.32 Å². The van der Waals surface area contributed by atoms with E-state index >= 15 is 0 Å². The van der Waals surface area contributed by atoms with E-state index < -0.39 is 12.0 Å². The first-order valence-electron chi connectivity index (χ1n) is 8.20. The molecule has 3 rings (SSSR count). The number of hydrogen-bond donors (Lipinski definition) is 2. The molecule has 4 heteroatoms. The SMILES string of the molecule is O=C(N[C@@H](CCc1ccccc1)C(=O)O)c1cccc2ccccc12. The van der Waals surface area contributed by atoms with Crippen molar-refractivity contribution in [3.63, 3.8) is 0 Å². The van der Waals surface area contributed by atoms with Crippen molar-refractivity contribution in [3.8, 4) is 0 Å². The highest BCUT2D eigenvalue weighted by atomic mass is 16.4. The number of aryl methyl sites for hydroxylation is 1. The molecule has 25 heavy (non-hydrogen) atoms. The number of carbonyl (C=O) groups excluding carboxylic acids is 1. The Balaban J connectivity index is 1.75. The van der Waals surface area contributed by atoms with E-state index in [1.165, 1.54) is 0 Å². The number of benzene rings is 3. The summed E-state index contributed by atoms with van der Waals surface area (Å²) in [6.45, 7) is 0. The van der Waals surface area contributed by atoms with Crippen LogP contribution in [0.2, 0.25) is 0 Å². The zero-order valence-electron chi connectivity index (χ0n) is 13.7. The summed E-state index contributed by atoms with van der Waals surface area (Å²) in [4.78, 5) is 24.1. The number of carboxylic acids is 1. The van der Waals surface area contributed by atoms with Crippen LogP contribution in [0.4, 0.5) is 0 Å². The fraction of sp³-hybridized carbons (Fsp3) is 0.143. The Morgan fingerprint density at radius 1 is 0.880 bits per heavy atom. The van der Waals surface area contributed by atoms with Crippen LogP contribution in [-0.2, 0) is 11.2 Å². The average Bonchev–Trinajstić information content (AvgIpc) is 2.65. The van der Waals surface area contributed by atoms with Gasteiger partial charge < -0.3 is 10.4 Å². The van der Waals surface area contributed by atoms with Gasteiger partial charge in [-0.05, 0) is 35.2 Å². The Labute approximate surface area is 146 Å². The maximum absolute atomic E-state index is 12.6. The van der Waals surface area contributed by atoms with Crippen LogP contribution in [0.3, 0.4) is 0 Å². The van der Waals surface area contributed by atoms with Crippen molar-refractivity contribution in [2.24, 2.45) is 0 Å². The molecule has 0 aliphatic heterocycles. The van der Waals surface area contributed by atoms with Crippen molar-refractivity contribution in [1.29, 1.82) is 0 Å². The average molecular weight is 333 g/mol. The van der Waals surface area contributed by atoms with Crippen molar-refractivity contribution >= 4 is 22.6 Å². The first-order valence-corrected chi connectivity index (χ1v) is 8.20. The summed E-state index contributed by atoms with van der Waals surface area (Å²) >= 11 is 0. The van der Waals surface area contributed by atoms with Gasteiger partial charge in [0.2, 0.25) is 0 Å². The number of carboxylic acid groups (broad SMARTS) is 1. The highest BCUT2D eigenvalue weighted by molar-refractivity contribution is 6.07. The molecule has 1 atom stereocenters. The Bertz CT molecular complexity index is 885. The molecule has 0 saturated carbocycles. The van der Waals surface area contributed by atoms with Gasteiger partial charge in [0.15, 0.2) is 0 Å². The van der Waals surface area contributed by atoms with Gasteiger partial charge in [-0.3, -0.25) is 4.79 Å². The van der Waals surface area contributed by atoms with Crippen molar-refractivity contribution < 1.29 is 14.7 Å². The van der Waals surface area contributed by atoms with E-state index in [1.807, 2.05) is 60.7 Å². The molecule has 2 N–H and O–H groups in total. The highest BCUT2D eigenvalue weighted by Crippen LogP contribution is 2.18. The zero-order chi connectivity index (χ0) is 17.6. The fourth-order valence-electron chi connectivity index (χ4n) is 2.87. The molecule has 3 aromatic rings. The topological polar surface area (TPSA) is 66.4 Å². The van der Waals surface area contributed by atoms with Crippen LogP contribution in [0.1, 0.15) is 22.3 Å². The number of aliphatic carboxylic acids is 1. The molecule has 4 nitrogen and oxygen atoms in total. The van der Waals surface area contributed by atoms with Gasteiger partial charge in [0.1, 0.15) is 6.04 Å². The molecule has 0 aromatic heterocycles. The molecule has 1 amide bonds. The molecule has 0 bridgehead atoms. The van der Waals surface area contributed by atoms with Crippen molar-refractivity contribution in [2.45, 2.75) is 18.9 Å². The highest BCUT2D eigenvalue weighted by Gasteiger charge is 2.21. The van der Waals surface area contributed by atoms with Crippen molar-refractivity contribution in [3.05, 3.63) is 83.9 Å². The predicted octanol–water partition coefficient (Wildman–Crippen LogP) is 3.66. The molecule has 0 unspecified atom stereocenters. The Morgan fingerprint density at radius 2 is 1.56 bits per heavy atom. The molecular weight excluding hydrogens is 314 g/mol. The van der Waals surface area contributed by atoms with Crippen LogP contribution in [0.15, 0.2) is 72.8 Å². The van der Waals surface area contributed by atoms with E-state index in [1.54, 1.807) is 12.1 Å². The number of nitrogens with one attached hydrogen (secondary N) is 1. The summed E-state index contributed by atoms with van der Waals surface area (Å²) < 4.78 is 0. The van der Waals surface area contributed by atoms with E-state index in [9.17, 15) is 14.7 Å². The van der Waals surface area contributed by atoms with Gasteiger partial charge in [0.05, 0.1) is 0 Å². The predicted molar refractivity (Wildman–Crippen MR) is 97.6 cm³/mol. The Hall–Kier alpha value is -3.14. The lowest BCUT2D eigenvalue weighted by Gasteiger charge is -2.15. The van der Waals surface area contributed by atoms with Crippen LogP contribution in [0.5, 0.6) is 0 Å². The van der Waals surface area contributed by atoms with Crippen LogP contribution < -0.4 is 5.32 Å². The number of fused-ring (bicyclic) bond motifs is 1. The first kappa shape index (κ1) is 16.7. The normalized spacial score (nSPS) is 11.8. The van der Waals surface area contributed by atoms with Crippen LogP contribution in [-0.4, -0.2) is 23.0 Å². The van der Waals surface area contributed by atoms with Crippen LogP contribution >= 0.6 is 0 Å². The quantitative estimate of drug-likeness (QED) is 0.723. The number of rotatable bonds is 6. The largest absolute Gasteiger partial charge is 0.480 e. The lowest BCUT2D eigenvalue weighted by molar-refractivity contribution is -0.139. The van der Waals surface area contributed by atoms with Gasteiger partial charge in [-0.25, -0.2) is 4.79 Å². The van der Waals surface area contributed by atoms with Crippen molar-refractivity contribution in [2.75, 3.05) is 0 Å². The number of amides is 1. The molecule has 0 heterocycles. The minimum Gasteiger partial charge on any atom is -0.480 e. The van der Waals surface area contributed by atoms with Gasteiger partial charge in [-0.2, -0.15) is 0 Å². The van der Waals surface area contributed by atoms with E-state index in [-0.39, 0.29) is 5.91 Å². The standard InChI is InChI=1S/C21H19NO3/c23-20(18-12-6-10-16-9-4-5-11-17(16)18)22-19(21(24)25)14-13-15-7-2-1-3-8-15/h1-12,19H,13-14H2,(H,22,23)(H,24,25)/t19-/m0/s1. The first-order chi connectivity index (χ1) is 12.1. The fourth-order valence-corrected chi connectivity index (χ4v) is 2.87. The second-order valence-corrected chi connectivity index (χ2v) is 5.92. The molecule has 0 spiro atoms.